The number of benzene rings is 1. The highest BCUT2D eigenvalue weighted by Crippen LogP contribution is 2.31. The lowest BCUT2D eigenvalue weighted by Gasteiger charge is -2.38. The molecular formula is C17H27N2O-. The smallest absolute Gasteiger partial charge is 0.0618 e. The summed E-state index contributed by atoms with van der Waals surface area (Å²) in [6.07, 6.45) is 2.56. The van der Waals surface area contributed by atoms with Crippen molar-refractivity contribution in [3.05, 3.63) is 41.2 Å². The van der Waals surface area contributed by atoms with Crippen molar-refractivity contribution in [2.24, 2.45) is 5.92 Å². The van der Waals surface area contributed by atoms with Crippen molar-refractivity contribution in [1.82, 2.24) is 4.90 Å². The van der Waals surface area contributed by atoms with E-state index in [1.807, 2.05) is 7.05 Å². The predicted octanol–water partition coefficient (Wildman–Crippen LogP) is 3.48. The maximum atomic E-state index is 5.34. The van der Waals surface area contributed by atoms with E-state index in [1.54, 1.807) is 7.11 Å². The Kier molecular flexibility index (Phi) is 6.02. The monoisotopic (exact) mass is 275 g/mol. The van der Waals surface area contributed by atoms with E-state index in [0.717, 1.165) is 13.2 Å². The fourth-order valence-corrected chi connectivity index (χ4v) is 3.37. The van der Waals surface area contributed by atoms with Crippen molar-refractivity contribution >= 4 is 0 Å². The van der Waals surface area contributed by atoms with Crippen LogP contribution in [0.4, 0.5) is 0 Å². The summed E-state index contributed by atoms with van der Waals surface area (Å²) in [5.74, 6) is 0.528. The van der Waals surface area contributed by atoms with Crippen molar-refractivity contribution in [2.75, 3.05) is 33.9 Å². The topological polar surface area (TPSA) is 26.6 Å². The summed E-state index contributed by atoms with van der Waals surface area (Å²) in [5.41, 5.74) is 1.32. The van der Waals surface area contributed by atoms with Crippen molar-refractivity contribution in [3.8, 4) is 0 Å². The Balaban J connectivity index is 1.97. The van der Waals surface area contributed by atoms with Crippen LogP contribution in [0.1, 0.15) is 31.4 Å². The van der Waals surface area contributed by atoms with Crippen LogP contribution in [0.25, 0.3) is 5.32 Å². The standard InChI is InChI=1S/C17H27N2O/c1-14(12-19-11-7-10-16(19)13-20-3)17(18-2)15-8-5-4-6-9-15/h4-6,8-9,14,16-17H,7,10-13H2,1-3H3/q-1/t14-,16+,17+/m0/s1. The van der Waals surface area contributed by atoms with Crippen molar-refractivity contribution in [2.45, 2.75) is 31.8 Å². The first-order valence-corrected chi connectivity index (χ1v) is 7.63. The second-order valence-electron chi connectivity index (χ2n) is 5.84. The lowest BCUT2D eigenvalue weighted by atomic mass is 9.94. The molecule has 0 saturated carbocycles. The zero-order chi connectivity index (χ0) is 14.4. The van der Waals surface area contributed by atoms with E-state index in [-0.39, 0.29) is 0 Å². The second-order valence-corrected chi connectivity index (χ2v) is 5.84. The minimum atomic E-state index is 0.292. The molecule has 1 heterocycles. The maximum Gasteiger partial charge on any atom is 0.0618 e. The van der Waals surface area contributed by atoms with Crippen LogP contribution in [0.2, 0.25) is 0 Å². The normalized spacial score (nSPS) is 22.9. The summed E-state index contributed by atoms with van der Waals surface area (Å²) in [5, 5.41) is 4.61. The van der Waals surface area contributed by atoms with E-state index >= 15 is 0 Å². The SMILES string of the molecule is C[N-][C@@H](c1ccccc1)[C@@H](C)CN1CCC[C@@H]1COC. The van der Waals surface area contributed by atoms with Crippen LogP contribution in [-0.2, 0) is 4.74 Å². The van der Waals surface area contributed by atoms with E-state index in [0.29, 0.717) is 18.0 Å². The molecular weight excluding hydrogens is 248 g/mol. The molecule has 112 valence electrons. The highest BCUT2D eigenvalue weighted by molar-refractivity contribution is 5.23. The molecule has 1 aromatic rings. The summed E-state index contributed by atoms with van der Waals surface area (Å²) in [7, 11) is 3.73. The predicted molar refractivity (Wildman–Crippen MR) is 84.1 cm³/mol. The molecule has 0 bridgehead atoms. The zero-order valence-corrected chi connectivity index (χ0v) is 13.0. The van der Waals surface area contributed by atoms with Crippen molar-refractivity contribution in [1.29, 1.82) is 0 Å². The van der Waals surface area contributed by atoms with Gasteiger partial charge >= 0.3 is 0 Å². The van der Waals surface area contributed by atoms with Gasteiger partial charge in [0.25, 0.3) is 0 Å². The molecule has 0 amide bonds. The fraction of sp³-hybridized carbons (Fsp3) is 0.647. The van der Waals surface area contributed by atoms with E-state index in [4.69, 9.17) is 4.74 Å². The minimum absolute atomic E-state index is 0.292. The minimum Gasteiger partial charge on any atom is -0.658 e. The maximum absolute atomic E-state index is 5.34. The molecule has 20 heavy (non-hydrogen) atoms. The van der Waals surface area contributed by atoms with Gasteiger partial charge in [-0.25, -0.2) is 0 Å². The molecule has 0 aliphatic carbocycles. The van der Waals surface area contributed by atoms with Gasteiger partial charge in [0.1, 0.15) is 0 Å². The van der Waals surface area contributed by atoms with Gasteiger partial charge in [0.2, 0.25) is 0 Å². The third kappa shape index (κ3) is 3.81. The third-order valence-electron chi connectivity index (χ3n) is 4.34. The summed E-state index contributed by atoms with van der Waals surface area (Å²) in [6.45, 7) is 5.47. The Morgan fingerprint density at radius 1 is 1.35 bits per heavy atom. The number of methoxy groups -OCH3 is 1. The molecule has 1 fully saturated rings. The first-order chi connectivity index (χ1) is 9.76. The highest BCUT2D eigenvalue weighted by Gasteiger charge is 2.26. The molecule has 0 spiro atoms. The Morgan fingerprint density at radius 2 is 2.10 bits per heavy atom. The second kappa shape index (κ2) is 7.77. The van der Waals surface area contributed by atoms with Crippen LogP contribution in [0.5, 0.6) is 0 Å². The Bertz CT molecular complexity index is 382. The lowest BCUT2D eigenvalue weighted by Crippen LogP contribution is -2.37. The van der Waals surface area contributed by atoms with Gasteiger partial charge in [0, 0.05) is 19.7 Å². The first-order valence-electron chi connectivity index (χ1n) is 7.63. The van der Waals surface area contributed by atoms with E-state index in [2.05, 4.69) is 47.5 Å². The molecule has 0 N–H and O–H groups in total. The quantitative estimate of drug-likeness (QED) is 0.761. The van der Waals surface area contributed by atoms with Gasteiger partial charge in [0.05, 0.1) is 6.61 Å². The van der Waals surface area contributed by atoms with Gasteiger partial charge < -0.3 is 10.1 Å². The molecule has 1 aliphatic heterocycles. The summed E-state index contributed by atoms with van der Waals surface area (Å²) < 4.78 is 5.34. The van der Waals surface area contributed by atoms with E-state index in [1.165, 1.54) is 24.9 Å². The van der Waals surface area contributed by atoms with Crippen LogP contribution < -0.4 is 0 Å². The Morgan fingerprint density at radius 3 is 2.75 bits per heavy atom. The molecule has 0 radical (unpaired) electrons. The average Bonchev–Trinajstić information content (AvgIpc) is 2.88. The molecule has 3 nitrogen and oxygen atoms in total. The first kappa shape index (κ1) is 15.5. The van der Waals surface area contributed by atoms with Gasteiger partial charge in [0.15, 0.2) is 0 Å². The van der Waals surface area contributed by atoms with Crippen LogP contribution in [-0.4, -0.2) is 44.8 Å². The fourth-order valence-electron chi connectivity index (χ4n) is 3.37. The van der Waals surface area contributed by atoms with Crippen molar-refractivity contribution < 1.29 is 4.74 Å². The summed E-state index contributed by atoms with van der Waals surface area (Å²) in [6, 6.07) is 11.5. The molecule has 0 aromatic heterocycles. The Labute approximate surface area is 123 Å². The van der Waals surface area contributed by atoms with Gasteiger partial charge in [-0.2, -0.15) is 7.05 Å². The largest absolute Gasteiger partial charge is 0.658 e. The van der Waals surface area contributed by atoms with E-state index in [9.17, 15) is 0 Å². The Hall–Kier alpha value is -0.900. The number of likely N-dealkylation sites (tertiary alicyclic amines) is 1. The molecule has 1 saturated heterocycles. The van der Waals surface area contributed by atoms with Gasteiger partial charge in [-0.1, -0.05) is 42.8 Å². The van der Waals surface area contributed by atoms with Gasteiger partial charge in [-0.3, -0.25) is 4.90 Å². The molecule has 1 aromatic carbocycles. The van der Waals surface area contributed by atoms with E-state index < -0.39 is 0 Å². The van der Waals surface area contributed by atoms with Crippen LogP contribution in [0, 0.1) is 5.92 Å². The molecule has 3 heteroatoms. The number of hydrogen-bond donors (Lipinski definition) is 0. The lowest BCUT2D eigenvalue weighted by molar-refractivity contribution is 0.105. The number of hydrogen-bond acceptors (Lipinski definition) is 2. The molecule has 0 unspecified atom stereocenters. The van der Waals surface area contributed by atoms with Gasteiger partial charge in [-0.05, 0) is 25.3 Å². The summed E-state index contributed by atoms with van der Waals surface area (Å²) >= 11 is 0. The zero-order valence-electron chi connectivity index (χ0n) is 13.0. The molecule has 3 atom stereocenters. The number of rotatable bonds is 7. The van der Waals surface area contributed by atoms with Crippen LogP contribution in [0.3, 0.4) is 0 Å². The highest BCUT2D eigenvalue weighted by atomic mass is 16.5. The average molecular weight is 275 g/mol. The van der Waals surface area contributed by atoms with Gasteiger partial charge in [-0.15, -0.1) is 6.04 Å². The summed E-state index contributed by atoms with van der Waals surface area (Å²) in [4.78, 5) is 2.58. The number of nitrogens with zero attached hydrogens (tertiary/aromatic N) is 2. The van der Waals surface area contributed by atoms with Crippen molar-refractivity contribution in [3.63, 3.8) is 0 Å². The van der Waals surface area contributed by atoms with Crippen LogP contribution >= 0.6 is 0 Å². The van der Waals surface area contributed by atoms with Crippen LogP contribution in [0.15, 0.2) is 30.3 Å². The number of ether oxygens (including phenoxy) is 1. The third-order valence-corrected chi connectivity index (χ3v) is 4.34. The molecule has 2 rings (SSSR count). The molecule has 1 aliphatic rings.